The van der Waals surface area contributed by atoms with Crippen LogP contribution in [0.1, 0.15) is 30.9 Å². The van der Waals surface area contributed by atoms with Crippen LogP contribution in [0.4, 0.5) is 5.69 Å². The molecule has 1 aliphatic rings. The number of benzene rings is 2. The Bertz CT molecular complexity index is 1690. The second kappa shape index (κ2) is 13.1. The van der Waals surface area contributed by atoms with Crippen molar-refractivity contribution in [1.82, 2.24) is 14.4 Å². The van der Waals surface area contributed by atoms with E-state index in [9.17, 15) is 26.7 Å². The van der Waals surface area contributed by atoms with E-state index < -0.39 is 32.2 Å². The maximum atomic E-state index is 13.5. The Labute approximate surface area is 257 Å². The fraction of sp³-hybridized carbons (Fsp3) is 0.448. The highest BCUT2D eigenvalue weighted by Crippen LogP contribution is 2.31. The lowest BCUT2D eigenvalue weighted by atomic mass is 10.0. The number of nitrogens with one attached hydrogen (secondary N) is 1. The number of aryl methyl sites for hydroxylation is 2. The first kappa shape index (κ1) is 33.2. The summed E-state index contributed by atoms with van der Waals surface area (Å²) >= 11 is 0. The molecule has 1 aliphatic heterocycles. The molecule has 0 spiro atoms. The Kier molecular flexibility index (Phi) is 9.93. The third-order valence-electron chi connectivity index (χ3n) is 7.61. The topological polar surface area (TPSA) is 169 Å². The van der Waals surface area contributed by atoms with Gasteiger partial charge in [-0.1, -0.05) is 12.1 Å². The van der Waals surface area contributed by atoms with Crippen LogP contribution in [0.25, 0.3) is 0 Å². The molecule has 1 aromatic heterocycles. The third-order valence-corrected chi connectivity index (χ3v) is 11.1. The minimum atomic E-state index is -4.06. The van der Waals surface area contributed by atoms with Gasteiger partial charge < -0.3 is 24.0 Å². The number of nitrogens with zero attached hydrogens (tertiary/aromatic N) is 3. The summed E-state index contributed by atoms with van der Waals surface area (Å²) in [5, 5.41) is 13.6. The minimum absolute atomic E-state index is 0.0507. The fourth-order valence-corrected chi connectivity index (χ4v) is 7.62. The van der Waals surface area contributed by atoms with E-state index in [0.717, 1.165) is 0 Å². The van der Waals surface area contributed by atoms with Crippen LogP contribution in [-0.4, -0.2) is 88.2 Å². The number of aromatic nitrogens is 1. The Hall–Kier alpha value is -3.66. The number of hydrogen-bond donors (Lipinski definition) is 2. The zero-order valence-corrected chi connectivity index (χ0v) is 27.1. The van der Waals surface area contributed by atoms with E-state index in [1.165, 1.54) is 61.5 Å². The molecular formula is C29H38N4O9S2. The molecule has 0 unspecified atom stereocenters. The monoisotopic (exact) mass is 650 g/mol. The molecule has 0 radical (unpaired) electrons. The Morgan fingerprint density at radius 1 is 1.16 bits per heavy atom. The first-order valence-electron chi connectivity index (χ1n) is 13.9. The van der Waals surface area contributed by atoms with Crippen LogP contribution in [-0.2, 0) is 31.3 Å². The van der Waals surface area contributed by atoms with Gasteiger partial charge in [-0.05, 0) is 63.2 Å². The second-order valence-electron chi connectivity index (χ2n) is 10.9. The van der Waals surface area contributed by atoms with Crippen molar-refractivity contribution in [1.29, 1.82) is 0 Å². The maximum absolute atomic E-state index is 13.5. The molecule has 2 aromatic carbocycles. The second-order valence-corrected chi connectivity index (χ2v) is 14.6. The summed E-state index contributed by atoms with van der Waals surface area (Å²) in [7, 11) is -5.02. The lowest BCUT2D eigenvalue weighted by Gasteiger charge is -2.33. The maximum Gasteiger partial charge on any atom is 0.267 e. The van der Waals surface area contributed by atoms with Crippen molar-refractivity contribution in [3.8, 4) is 11.5 Å². The Morgan fingerprint density at radius 3 is 2.43 bits per heavy atom. The van der Waals surface area contributed by atoms with Gasteiger partial charge in [-0.2, -0.15) is 4.31 Å². The number of hydrogen-bond acceptors (Lipinski definition) is 10. The van der Waals surface area contributed by atoms with Gasteiger partial charge in [-0.3, -0.25) is 9.52 Å². The highest BCUT2D eigenvalue weighted by atomic mass is 32.2. The molecule has 0 saturated carbocycles. The first-order chi connectivity index (χ1) is 20.7. The summed E-state index contributed by atoms with van der Waals surface area (Å²) < 4.78 is 73.4. The standard InChI is InChI=1S/C29H38N4O9S2/c1-18-15-33(19(2)17-34)28(35)14-22-13-23(31-43(36,37)29-20(3)30-42-21(29)4)7-12-26(22)41-27(18)16-32(5)44(38,39)25-10-8-24(40-6)9-11-25/h7-13,18-19,27,31,34H,14-17H2,1-6H3/t18-,19+,27-/m1/s1. The van der Waals surface area contributed by atoms with E-state index in [4.69, 9.17) is 14.0 Å². The Morgan fingerprint density at radius 2 is 1.84 bits per heavy atom. The molecule has 3 atom stereocenters. The minimum Gasteiger partial charge on any atom is -0.497 e. The van der Waals surface area contributed by atoms with Gasteiger partial charge in [0.05, 0.1) is 37.6 Å². The van der Waals surface area contributed by atoms with Crippen molar-refractivity contribution in [2.75, 3.05) is 38.6 Å². The molecular weight excluding hydrogens is 612 g/mol. The number of fused-ring (bicyclic) bond motifs is 1. The predicted octanol–water partition coefficient (Wildman–Crippen LogP) is 2.57. The van der Waals surface area contributed by atoms with Gasteiger partial charge in [0.1, 0.15) is 23.3 Å². The molecule has 0 saturated heterocycles. The first-order valence-corrected chi connectivity index (χ1v) is 16.9. The Balaban J connectivity index is 1.68. The van der Waals surface area contributed by atoms with Crippen molar-refractivity contribution in [3.63, 3.8) is 0 Å². The normalized spacial score (nSPS) is 18.5. The number of carbonyl (C=O) groups is 1. The summed E-state index contributed by atoms with van der Waals surface area (Å²) in [6.07, 6.45) is -0.851. The summed E-state index contributed by atoms with van der Waals surface area (Å²) in [5.41, 5.74) is 0.782. The molecule has 0 fully saturated rings. The number of sulfonamides is 2. The van der Waals surface area contributed by atoms with Gasteiger partial charge in [0.15, 0.2) is 10.7 Å². The highest BCUT2D eigenvalue weighted by molar-refractivity contribution is 7.92. The number of carbonyl (C=O) groups excluding carboxylic acids is 1. The number of methoxy groups -OCH3 is 1. The fourth-order valence-electron chi connectivity index (χ4n) is 5.05. The lowest BCUT2D eigenvalue weighted by molar-refractivity contribution is -0.134. The summed E-state index contributed by atoms with van der Waals surface area (Å²) in [4.78, 5) is 15.1. The van der Waals surface area contributed by atoms with Crippen molar-refractivity contribution >= 4 is 31.6 Å². The largest absolute Gasteiger partial charge is 0.497 e. The van der Waals surface area contributed by atoms with Gasteiger partial charge in [0.2, 0.25) is 15.9 Å². The predicted molar refractivity (Wildman–Crippen MR) is 162 cm³/mol. The number of rotatable bonds is 10. The van der Waals surface area contributed by atoms with Crippen molar-refractivity contribution in [2.45, 2.75) is 56.1 Å². The third kappa shape index (κ3) is 7.01. The summed E-state index contributed by atoms with van der Waals surface area (Å²) in [6, 6.07) is 10.1. The molecule has 15 heteroatoms. The molecule has 1 amide bonds. The molecule has 13 nitrogen and oxygen atoms in total. The molecule has 0 bridgehead atoms. The van der Waals surface area contributed by atoms with Crippen molar-refractivity contribution in [2.24, 2.45) is 5.92 Å². The number of aliphatic hydroxyl groups excluding tert-OH is 1. The average molecular weight is 651 g/mol. The number of anilines is 1. The van der Waals surface area contributed by atoms with E-state index in [2.05, 4.69) is 9.88 Å². The molecule has 44 heavy (non-hydrogen) atoms. The van der Waals surface area contributed by atoms with Crippen molar-refractivity contribution in [3.05, 3.63) is 59.5 Å². The van der Waals surface area contributed by atoms with Gasteiger partial charge in [-0.25, -0.2) is 16.8 Å². The summed E-state index contributed by atoms with van der Waals surface area (Å²) in [6.45, 7) is 6.44. The zero-order valence-electron chi connectivity index (χ0n) is 25.5. The van der Waals surface area contributed by atoms with Crippen LogP contribution in [0.2, 0.25) is 0 Å². The average Bonchev–Trinajstić information content (AvgIpc) is 3.35. The molecule has 2 heterocycles. The van der Waals surface area contributed by atoms with E-state index in [0.29, 0.717) is 17.1 Å². The van der Waals surface area contributed by atoms with Gasteiger partial charge in [0.25, 0.3) is 10.0 Å². The van der Waals surface area contributed by atoms with E-state index in [-0.39, 0.29) is 64.9 Å². The summed E-state index contributed by atoms with van der Waals surface area (Å²) in [5.74, 6) is 0.311. The van der Waals surface area contributed by atoms with Gasteiger partial charge >= 0.3 is 0 Å². The van der Waals surface area contributed by atoms with Crippen LogP contribution in [0.15, 0.2) is 56.8 Å². The van der Waals surface area contributed by atoms with Crippen LogP contribution >= 0.6 is 0 Å². The van der Waals surface area contributed by atoms with Crippen LogP contribution in [0.5, 0.6) is 11.5 Å². The van der Waals surface area contributed by atoms with Crippen LogP contribution in [0.3, 0.4) is 0 Å². The van der Waals surface area contributed by atoms with E-state index in [1.807, 2.05) is 6.92 Å². The van der Waals surface area contributed by atoms with E-state index >= 15 is 0 Å². The molecule has 4 rings (SSSR count). The lowest BCUT2D eigenvalue weighted by Crippen LogP contribution is -2.48. The number of aliphatic hydroxyl groups is 1. The molecule has 0 aliphatic carbocycles. The van der Waals surface area contributed by atoms with Crippen LogP contribution < -0.4 is 14.2 Å². The molecule has 3 aromatic rings. The zero-order chi connectivity index (χ0) is 32.4. The number of ether oxygens (including phenoxy) is 2. The highest BCUT2D eigenvalue weighted by Gasteiger charge is 2.34. The van der Waals surface area contributed by atoms with Gasteiger partial charge in [-0.15, -0.1) is 0 Å². The quantitative estimate of drug-likeness (QED) is 0.333. The van der Waals surface area contributed by atoms with Gasteiger partial charge in [0, 0.05) is 30.8 Å². The molecule has 240 valence electrons. The van der Waals surface area contributed by atoms with Crippen molar-refractivity contribution < 1.29 is 40.7 Å². The number of likely N-dealkylation sites (N-methyl/N-ethyl adjacent to an activating group) is 1. The van der Waals surface area contributed by atoms with Crippen LogP contribution in [0, 0.1) is 19.8 Å². The smallest absolute Gasteiger partial charge is 0.267 e. The van der Waals surface area contributed by atoms with E-state index in [1.54, 1.807) is 25.1 Å². The molecule has 2 N–H and O–H groups in total. The number of amides is 1. The SMILES string of the molecule is COc1ccc(S(=O)(=O)N(C)C[C@H]2Oc3ccc(NS(=O)(=O)c4c(C)noc4C)cc3CC(=O)N([C@@H](C)CO)C[C@H]2C)cc1.